The molecule has 0 saturated heterocycles. The van der Waals surface area contributed by atoms with E-state index in [9.17, 15) is 0 Å². The molecule has 0 spiro atoms. The largest absolute Gasteiger partial charge is 0.150 e. The van der Waals surface area contributed by atoms with Crippen LogP contribution in [0, 0.1) is 0 Å². The highest BCUT2D eigenvalue weighted by Gasteiger charge is 2.37. The van der Waals surface area contributed by atoms with Gasteiger partial charge in [0.25, 0.3) is 0 Å². The predicted octanol–water partition coefficient (Wildman–Crippen LogP) is 14.1. The lowest BCUT2D eigenvalue weighted by Gasteiger charge is -2.24. The standard InChI is InChI=1S/C53H36N2/c1-53(2)47-30-38(50-27-26-49(54-55-50)35-14-4-3-5-15-35)24-25-41(47)44-31-45-46(32-48(44)53)52(40-23-21-34-13-7-9-17-37(34)29-40)43-19-11-10-18-42(43)51(45)39-22-20-33-12-6-8-16-36(33)28-39/h3-32H,1-2H3. The van der Waals surface area contributed by atoms with Gasteiger partial charge in [0.2, 0.25) is 0 Å². The molecule has 1 aliphatic rings. The van der Waals surface area contributed by atoms with E-state index < -0.39 is 0 Å². The first-order chi connectivity index (χ1) is 27.0. The van der Waals surface area contributed by atoms with Crippen molar-refractivity contribution in [3.8, 4) is 55.9 Å². The highest BCUT2D eigenvalue weighted by Crippen LogP contribution is 2.54. The van der Waals surface area contributed by atoms with Crippen molar-refractivity contribution < 1.29 is 0 Å². The molecule has 0 atom stereocenters. The van der Waals surface area contributed by atoms with Crippen LogP contribution in [0.3, 0.4) is 0 Å². The number of rotatable bonds is 4. The van der Waals surface area contributed by atoms with E-state index in [0.717, 1.165) is 22.5 Å². The lowest BCUT2D eigenvalue weighted by molar-refractivity contribution is 0.661. The Morgan fingerprint density at radius 1 is 0.327 bits per heavy atom. The van der Waals surface area contributed by atoms with Crippen molar-refractivity contribution in [3.05, 3.63) is 193 Å². The van der Waals surface area contributed by atoms with Crippen LogP contribution in [-0.2, 0) is 5.41 Å². The predicted molar refractivity (Wildman–Crippen MR) is 231 cm³/mol. The van der Waals surface area contributed by atoms with Crippen LogP contribution >= 0.6 is 0 Å². The summed E-state index contributed by atoms with van der Waals surface area (Å²) >= 11 is 0. The smallest absolute Gasteiger partial charge is 0.0930 e. The molecule has 0 aliphatic heterocycles. The second-order valence-electron chi connectivity index (χ2n) is 15.4. The average molecular weight is 701 g/mol. The van der Waals surface area contributed by atoms with Crippen LogP contribution in [0.2, 0.25) is 0 Å². The number of nitrogens with zero attached hydrogens (tertiary/aromatic N) is 2. The van der Waals surface area contributed by atoms with E-state index >= 15 is 0 Å². The molecular formula is C53H36N2. The fraction of sp³-hybridized carbons (Fsp3) is 0.0566. The average Bonchev–Trinajstić information content (AvgIpc) is 3.46. The molecule has 0 bridgehead atoms. The summed E-state index contributed by atoms with van der Waals surface area (Å²) in [6.45, 7) is 4.75. The maximum absolute atomic E-state index is 4.71. The van der Waals surface area contributed by atoms with Crippen molar-refractivity contribution in [3.63, 3.8) is 0 Å². The molecule has 0 radical (unpaired) electrons. The van der Waals surface area contributed by atoms with E-state index in [2.05, 4.69) is 183 Å². The van der Waals surface area contributed by atoms with Gasteiger partial charge in [0, 0.05) is 16.5 Å². The Labute approximate surface area is 320 Å². The Balaban J connectivity index is 1.16. The summed E-state index contributed by atoms with van der Waals surface area (Å²) in [5, 5.41) is 19.4. The Hall–Kier alpha value is -6.90. The van der Waals surface area contributed by atoms with Crippen LogP contribution in [0.4, 0.5) is 0 Å². The molecule has 9 aromatic carbocycles. The lowest BCUT2D eigenvalue weighted by atomic mass is 9.79. The third kappa shape index (κ3) is 4.95. The second-order valence-corrected chi connectivity index (χ2v) is 15.4. The molecule has 0 N–H and O–H groups in total. The van der Waals surface area contributed by atoms with Crippen molar-refractivity contribution in [2.75, 3.05) is 0 Å². The van der Waals surface area contributed by atoms with Gasteiger partial charge in [-0.05, 0) is 130 Å². The van der Waals surface area contributed by atoms with Crippen molar-refractivity contribution in [1.29, 1.82) is 0 Å². The van der Waals surface area contributed by atoms with E-state index in [0.29, 0.717) is 0 Å². The van der Waals surface area contributed by atoms with E-state index in [1.807, 2.05) is 18.2 Å². The fourth-order valence-corrected chi connectivity index (χ4v) is 9.12. The van der Waals surface area contributed by atoms with Gasteiger partial charge >= 0.3 is 0 Å². The third-order valence-electron chi connectivity index (χ3n) is 11.9. The first kappa shape index (κ1) is 31.6. The maximum atomic E-state index is 4.71. The molecular weight excluding hydrogens is 665 g/mol. The minimum absolute atomic E-state index is 0.234. The number of hydrogen-bond acceptors (Lipinski definition) is 2. The van der Waals surface area contributed by atoms with Gasteiger partial charge < -0.3 is 0 Å². The van der Waals surface area contributed by atoms with E-state index in [-0.39, 0.29) is 5.41 Å². The molecule has 55 heavy (non-hydrogen) atoms. The summed E-state index contributed by atoms with van der Waals surface area (Å²) in [6.07, 6.45) is 0. The Morgan fingerprint density at radius 2 is 0.818 bits per heavy atom. The minimum atomic E-state index is -0.234. The molecule has 0 saturated carbocycles. The first-order valence-corrected chi connectivity index (χ1v) is 19.1. The zero-order chi connectivity index (χ0) is 36.7. The topological polar surface area (TPSA) is 25.8 Å². The molecule has 0 amide bonds. The van der Waals surface area contributed by atoms with Crippen LogP contribution in [-0.4, -0.2) is 10.2 Å². The van der Waals surface area contributed by atoms with Crippen molar-refractivity contribution in [1.82, 2.24) is 10.2 Å². The van der Waals surface area contributed by atoms with Gasteiger partial charge in [-0.2, -0.15) is 0 Å². The highest BCUT2D eigenvalue weighted by atomic mass is 15.1. The fourth-order valence-electron chi connectivity index (χ4n) is 9.12. The summed E-state index contributed by atoms with van der Waals surface area (Å²) in [5.74, 6) is 0. The van der Waals surface area contributed by atoms with Crippen LogP contribution in [0.1, 0.15) is 25.0 Å². The van der Waals surface area contributed by atoms with Gasteiger partial charge in [0.15, 0.2) is 0 Å². The summed E-state index contributed by atoms with van der Waals surface area (Å²) in [7, 11) is 0. The number of fused-ring (bicyclic) bond motifs is 7. The number of hydrogen-bond donors (Lipinski definition) is 0. The van der Waals surface area contributed by atoms with Gasteiger partial charge in [-0.25, -0.2) is 0 Å². The second kappa shape index (κ2) is 12.1. The monoisotopic (exact) mass is 700 g/mol. The molecule has 1 aliphatic carbocycles. The van der Waals surface area contributed by atoms with E-state index in [4.69, 9.17) is 5.10 Å². The van der Waals surface area contributed by atoms with Crippen molar-refractivity contribution in [2.24, 2.45) is 0 Å². The molecule has 1 heterocycles. The summed E-state index contributed by atoms with van der Waals surface area (Å²) < 4.78 is 0. The molecule has 11 rings (SSSR count). The van der Waals surface area contributed by atoms with Crippen LogP contribution in [0.15, 0.2) is 182 Å². The Morgan fingerprint density at radius 3 is 1.42 bits per heavy atom. The summed E-state index contributed by atoms with van der Waals surface area (Å²) in [6, 6.07) is 66.5. The minimum Gasteiger partial charge on any atom is -0.150 e. The third-order valence-corrected chi connectivity index (χ3v) is 11.9. The maximum Gasteiger partial charge on any atom is 0.0930 e. The number of aromatic nitrogens is 2. The lowest BCUT2D eigenvalue weighted by Crippen LogP contribution is -2.15. The number of benzene rings is 9. The quantitative estimate of drug-likeness (QED) is 0.171. The van der Waals surface area contributed by atoms with Crippen molar-refractivity contribution in [2.45, 2.75) is 19.3 Å². The van der Waals surface area contributed by atoms with Gasteiger partial charge in [-0.15, -0.1) is 10.2 Å². The van der Waals surface area contributed by atoms with Gasteiger partial charge in [-0.1, -0.05) is 153 Å². The highest BCUT2D eigenvalue weighted by molar-refractivity contribution is 6.23. The molecule has 10 aromatic rings. The molecule has 258 valence electrons. The van der Waals surface area contributed by atoms with Gasteiger partial charge in [-0.3, -0.25) is 0 Å². The Bertz CT molecular complexity index is 3160. The molecule has 0 unspecified atom stereocenters. The van der Waals surface area contributed by atoms with E-state index in [1.54, 1.807) is 0 Å². The normalized spacial score (nSPS) is 13.1. The zero-order valence-electron chi connectivity index (χ0n) is 30.7. The first-order valence-electron chi connectivity index (χ1n) is 19.1. The van der Waals surface area contributed by atoms with Crippen LogP contribution in [0.25, 0.3) is 99.0 Å². The molecule has 2 heteroatoms. The summed E-state index contributed by atoms with van der Waals surface area (Å²) in [4.78, 5) is 0. The van der Waals surface area contributed by atoms with E-state index in [1.165, 1.54) is 87.6 Å². The van der Waals surface area contributed by atoms with Crippen LogP contribution in [0.5, 0.6) is 0 Å². The van der Waals surface area contributed by atoms with Crippen LogP contribution < -0.4 is 0 Å². The van der Waals surface area contributed by atoms with Gasteiger partial charge in [0.1, 0.15) is 0 Å². The summed E-state index contributed by atoms with van der Waals surface area (Å²) in [5.41, 5.74) is 13.9. The van der Waals surface area contributed by atoms with Crippen molar-refractivity contribution >= 4 is 43.1 Å². The Kier molecular flexibility index (Phi) is 6.93. The SMILES string of the molecule is CC1(C)c2cc(-c3ccc(-c4ccccc4)nn3)ccc2-c2cc3c(-c4ccc5ccccc5c4)c4ccccc4c(-c4ccc5ccccc5c4)c3cc21. The molecule has 1 aromatic heterocycles. The van der Waals surface area contributed by atoms with Gasteiger partial charge in [0.05, 0.1) is 11.4 Å². The molecule has 0 fully saturated rings. The zero-order valence-corrected chi connectivity index (χ0v) is 30.7. The molecule has 2 nitrogen and oxygen atoms in total.